The van der Waals surface area contributed by atoms with Crippen LogP contribution in [0.25, 0.3) is 0 Å². The molecule has 0 spiro atoms. The molecule has 0 radical (unpaired) electrons. The summed E-state index contributed by atoms with van der Waals surface area (Å²) in [5.41, 5.74) is 1.09. The lowest BCUT2D eigenvalue weighted by Gasteiger charge is -2.29. The van der Waals surface area contributed by atoms with Gasteiger partial charge in [0.1, 0.15) is 0 Å². The van der Waals surface area contributed by atoms with Crippen LogP contribution >= 0.6 is 0 Å². The van der Waals surface area contributed by atoms with Gasteiger partial charge in [-0.25, -0.2) is 4.79 Å². The van der Waals surface area contributed by atoms with Crippen molar-refractivity contribution < 1.29 is 14.7 Å². The molecule has 0 saturated carbocycles. The molecular weight excluding hydrogens is 342 g/mol. The van der Waals surface area contributed by atoms with Gasteiger partial charge in [0, 0.05) is 25.6 Å². The molecule has 2 atom stereocenters. The zero-order valence-corrected chi connectivity index (χ0v) is 16.3. The van der Waals surface area contributed by atoms with Gasteiger partial charge < -0.3 is 20.6 Å². The van der Waals surface area contributed by atoms with Crippen LogP contribution in [0.1, 0.15) is 44.6 Å². The number of nitrogens with one attached hydrogen (secondary N) is 2. The first-order valence-electron chi connectivity index (χ1n) is 10.1. The zero-order chi connectivity index (χ0) is 19.5. The Morgan fingerprint density at radius 2 is 1.85 bits per heavy atom. The minimum absolute atomic E-state index is 0.0448. The topological polar surface area (TPSA) is 81.7 Å². The molecule has 1 aliphatic heterocycles. The molecule has 0 aromatic heterocycles. The Hall–Kier alpha value is -2.08. The number of piperidine rings is 1. The van der Waals surface area contributed by atoms with E-state index in [0.29, 0.717) is 25.3 Å². The smallest absolute Gasteiger partial charge is 0.315 e. The Morgan fingerprint density at radius 3 is 2.52 bits per heavy atom. The standard InChI is InChI=1S/C21H33N3O3/c1-17(16-24-12-6-3-7-13-24)15-22-21(27)23-19(10-11-20(25)26)14-18-8-4-2-5-9-18/h2,4-5,8-9,17,19H,3,6-7,10-16H2,1H3,(H,25,26)(H2,22,23,27). The molecule has 0 aliphatic carbocycles. The van der Waals surface area contributed by atoms with E-state index in [1.807, 2.05) is 30.3 Å². The summed E-state index contributed by atoms with van der Waals surface area (Å²) in [6, 6.07) is 9.42. The minimum atomic E-state index is -0.842. The van der Waals surface area contributed by atoms with Crippen LogP contribution in [-0.2, 0) is 11.2 Å². The average Bonchev–Trinajstić information content (AvgIpc) is 2.66. The van der Waals surface area contributed by atoms with Crippen molar-refractivity contribution in [2.24, 2.45) is 5.92 Å². The summed E-state index contributed by atoms with van der Waals surface area (Å²) in [4.78, 5) is 25.7. The van der Waals surface area contributed by atoms with E-state index in [9.17, 15) is 9.59 Å². The number of carbonyl (C=O) groups is 2. The second kappa shape index (κ2) is 11.6. The largest absolute Gasteiger partial charge is 0.481 e. The summed E-state index contributed by atoms with van der Waals surface area (Å²) in [6.07, 6.45) is 4.95. The van der Waals surface area contributed by atoms with Crippen LogP contribution in [0.4, 0.5) is 4.79 Å². The summed E-state index contributed by atoms with van der Waals surface area (Å²) in [7, 11) is 0. The van der Waals surface area contributed by atoms with Crippen molar-refractivity contribution in [1.29, 1.82) is 0 Å². The lowest BCUT2D eigenvalue weighted by molar-refractivity contribution is -0.137. The maximum absolute atomic E-state index is 12.3. The predicted octanol–water partition coefficient (Wildman–Crippen LogP) is 2.88. The Labute approximate surface area is 162 Å². The second-order valence-corrected chi connectivity index (χ2v) is 7.64. The first-order chi connectivity index (χ1) is 13.0. The van der Waals surface area contributed by atoms with E-state index >= 15 is 0 Å². The fourth-order valence-electron chi connectivity index (χ4n) is 3.57. The highest BCUT2D eigenvalue weighted by molar-refractivity contribution is 5.74. The third kappa shape index (κ3) is 8.91. The van der Waals surface area contributed by atoms with Crippen LogP contribution in [0.5, 0.6) is 0 Å². The number of amides is 2. The van der Waals surface area contributed by atoms with Crippen molar-refractivity contribution in [3.8, 4) is 0 Å². The first kappa shape index (κ1) is 21.2. The Balaban J connectivity index is 1.76. The average molecular weight is 376 g/mol. The molecule has 1 aromatic rings. The monoisotopic (exact) mass is 375 g/mol. The first-order valence-corrected chi connectivity index (χ1v) is 10.1. The van der Waals surface area contributed by atoms with Crippen LogP contribution in [-0.4, -0.2) is 54.2 Å². The number of carboxylic acid groups (broad SMARTS) is 1. The number of carbonyl (C=O) groups excluding carboxylic acids is 1. The zero-order valence-electron chi connectivity index (χ0n) is 16.3. The van der Waals surface area contributed by atoms with Gasteiger partial charge in [-0.2, -0.15) is 0 Å². The number of rotatable bonds is 10. The highest BCUT2D eigenvalue weighted by Gasteiger charge is 2.17. The highest BCUT2D eigenvalue weighted by atomic mass is 16.4. The fraction of sp³-hybridized carbons (Fsp3) is 0.619. The van der Waals surface area contributed by atoms with Crippen LogP contribution in [0.3, 0.4) is 0 Å². The van der Waals surface area contributed by atoms with Gasteiger partial charge in [-0.05, 0) is 50.3 Å². The lowest BCUT2D eigenvalue weighted by Crippen LogP contribution is -2.45. The number of benzene rings is 1. The predicted molar refractivity (Wildman–Crippen MR) is 107 cm³/mol. The quantitative estimate of drug-likeness (QED) is 0.587. The maximum atomic E-state index is 12.3. The maximum Gasteiger partial charge on any atom is 0.315 e. The molecule has 6 nitrogen and oxygen atoms in total. The van der Waals surface area contributed by atoms with Crippen molar-refractivity contribution >= 4 is 12.0 Å². The number of nitrogens with zero attached hydrogens (tertiary/aromatic N) is 1. The van der Waals surface area contributed by atoms with Gasteiger partial charge >= 0.3 is 12.0 Å². The fourth-order valence-corrected chi connectivity index (χ4v) is 3.57. The summed E-state index contributed by atoms with van der Waals surface area (Å²) < 4.78 is 0. The van der Waals surface area contributed by atoms with Gasteiger partial charge in [-0.15, -0.1) is 0 Å². The van der Waals surface area contributed by atoms with E-state index in [1.165, 1.54) is 19.3 Å². The Bertz CT molecular complexity index is 573. The van der Waals surface area contributed by atoms with E-state index in [-0.39, 0.29) is 18.5 Å². The highest BCUT2D eigenvalue weighted by Crippen LogP contribution is 2.11. The molecule has 1 aliphatic rings. The molecule has 1 aromatic carbocycles. The van der Waals surface area contributed by atoms with Crippen LogP contribution in [0.2, 0.25) is 0 Å². The number of hydrogen-bond acceptors (Lipinski definition) is 3. The third-order valence-electron chi connectivity index (χ3n) is 5.00. The van der Waals surface area contributed by atoms with Gasteiger partial charge in [0.15, 0.2) is 0 Å². The molecule has 6 heteroatoms. The van der Waals surface area contributed by atoms with Gasteiger partial charge in [0.25, 0.3) is 0 Å². The van der Waals surface area contributed by atoms with E-state index in [4.69, 9.17) is 5.11 Å². The normalized spacial score (nSPS) is 17.1. The molecule has 1 fully saturated rings. The van der Waals surface area contributed by atoms with Crippen molar-refractivity contribution in [1.82, 2.24) is 15.5 Å². The second-order valence-electron chi connectivity index (χ2n) is 7.64. The van der Waals surface area contributed by atoms with Crippen LogP contribution < -0.4 is 10.6 Å². The van der Waals surface area contributed by atoms with Crippen LogP contribution in [0, 0.1) is 5.92 Å². The number of likely N-dealkylation sites (tertiary alicyclic amines) is 1. The third-order valence-corrected chi connectivity index (χ3v) is 5.00. The van der Waals surface area contributed by atoms with Crippen LogP contribution in [0.15, 0.2) is 30.3 Å². The summed E-state index contributed by atoms with van der Waals surface area (Å²) in [6.45, 7) is 6.10. The summed E-state index contributed by atoms with van der Waals surface area (Å²) >= 11 is 0. The van der Waals surface area contributed by atoms with Gasteiger partial charge in [0.2, 0.25) is 0 Å². The van der Waals surface area contributed by atoms with Crippen molar-refractivity contribution in [3.05, 3.63) is 35.9 Å². The molecule has 2 unspecified atom stereocenters. The van der Waals surface area contributed by atoms with Crippen molar-refractivity contribution in [2.45, 2.75) is 51.5 Å². The molecule has 1 heterocycles. The molecule has 27 heavy (non-hydrogen) atoms. The summed E-state index contributed by atoms with van der Waals surface area (Å²) in [5, 5.41) is 14.9. The van der Waals surface area contributed by atoms with E-state index in [0.717, 1.165) is 25.2 Å². The minimum Gasteiger partial charge on any atom is -0.481 e. The van der Waals surface area contributed by atoms with Gasteiger partial charge in [0.05, 0.1) is 0 Å². The van der Waals surface area contributed by atoms with E-state index in [1.54, 1.807) is 0 Å². The summed E-state index contributed by atoms with van der Waals surface area (Å²) in [5.74, 6) is -0.453. The molecule has 2 amide bonds. The molecule has 0 bridgehead atoms. The molecule has 3 N–H and O–H groups in total. The van der Waals surface area contributed by atoms with Gasteiger partial charge in [-0.1, -0.05) is 43.7 Å². The molecule has 1 saturated heterocycles. The van der Waals surface area contributed by atoms with Crippen molar-refractivity contribution in [2.75, 3.05) is 26.2 Å². The lowest BCUT2D eigenvalue weighted by atomic mass is 10.0. The number of carboxylic acids is 1. The molecule has 2 rings (SSSR count). The number of urea groups is 1. The number of hydrogen-bond donors (Lipinski definition) is 3. The molecule has 150 valence electrons. The van der Waals surface area contributed by atoms with E-state index in [2.05, 4.69) is 22.5 Å². The van der Waals surface area contributed by atoms with Gasteiger partial charge in [-0.3, -0.25) is 4.79 Å². The van der Waals surface area contributed by atoms with Crippen molar-refractivity contribution in [3.63, 3.8) is 0 Å². The Morgan fingerprint density at radius 1 is 1.15 bits per heavy atom. The number of aliphatic carboxylic acids is 1. The van der Waals surface area contributed by atoms with E-state index < -0.39 is 5.97 Å². The Kier molecular flexibility index (Phi) is 9.11. The SMILES string of the molecule is CC(CNC(=O)NC(CCC(=O)O)Cc1ccccc1)CN1CCCCC1. The molecular formula is C21H33N3O3.